The Morgan fingerprint density at radius 2 is 1.78 bits per heavy atom. The van der Waals surface area contributed by atoms with Crippen LogP contribution in [-0.4, -0.2) is 48.0 Å². The number of rotatable bonds is 3. The first-order valence-corrected chi connectivity index (χ1v) is 8.80. The zero-order valence-electron chi connectivity index (χ0n) is 14.4. The predicted octanol–water partition coefficient (Wildman–Crippen LogP) is 2.73. The molecule has 1 amide bonds. The van der Waals surface area contributed by atoms with Crippen molar-refractivity contribution in [1.82, 2.24) is 14.9 Å². The molecule has 0 N–H and O–H groups in total. The van der Waals surface area contributed by atoms with E-state index in [9.17, 15) is 4.79 Å². The Morgan fingerprint density at radius 1 is 1.17 bits per heavy atom. The Hall–Kier alpha value is -1.65. The number of amides is 1. The summed E-state index contributed by atoms with van der Waals surface area (Å²) in [5, 5.41) is 0. The number of anilines is 1. The first-order valence-electron chi connectivity index (χ1n) is 8.80. The number of hydrogen-bond donors (Lipinski definition) is 0. The summed E-state index contributed by atoms with van der Waals surface area (Å²) in [6, 6.07) is 1.87. The van der Waals surface area contributed by atoms with Crippen LogP contribution >= 0.6 is 0 Å². The second kappa shape index (κ2) is 6.85. The molecule has 2 aliphatic rings. The summed E-state index contributed by atoms with van der Waals surface area (Å²) in [6.45, 7) is 2.12. The minimum atomic E-state index is 0.280. The molecule has 0 bridgehead atoms. The number of carbonyl (C=O) groups excluding carboxylic acids is 1. The SMILES string of the molecule is CN(C)C(=O)CC1CCC2(CC1)CCN(c1ncccn1)CC2. The molecule has 0 atom stereocenters. The summed E-state index contributed by atoms with van der Waals surface area (Å²) in [6.07, 6.45) is 11.8. The topological polar surface area (TPSA) is 49.3 Å². The predicted molar refractivity (Wildman–Crippen MR) is 91.2 cm³/mol. The van der Waals surface area contributed by atoms with Gasteiger partial charge in [-0.3, -0.25) is 4.79 Å². The molecule has 1 aliphatic carbocycles. The number of piperidine rings is 1. The van der Waals surface area contributed by atoms with Gasteiger partial charge in [-0.1, -0.05) is 0 Å². The van der Waals surface area contributed by atoms with Gasteiger partial charge in [0.1, 0.15) is 0 Å². The van der Waals surface area contributed by atoms with Gasteiger partial charge in [0.05, 0.1) is 0 Å². The fourth-order valence-electron chi connectivity index (χ4n) is 4.06. The van der Waals surface area contributed by atoms with Crippen LogP contribution in [0.25, 0.3) is 0 Å². The molecule has 5 nitrogen and oxygen atoms in total. The lowest BCUT2D eigenvalue weighted by atomic mass is 9.65. The molecule has 1 spiro atoms. The minimum Gasteiger partial charge on any atom is -0.349 e. The van der Waals surface area contributed by atoms with E-state index in [2.05, 4.69) is 14.9 Å². The molecule has 1 saturated carbocycles. The molecule has 1 aliphatic heterocycles. The molecule has 1 aromatic rings. The molecule has 2 fully saturated rings. The maximum atomic E-state index is 11.9. The number of carbonyl (C=O) groups is 1. The summed E-state index contributed by atoms with van der Waals surface area (Å²) in [5.74, 6) is 1.74. The monoisotopic (exact) mass is 316 g/mol. The Morgan fingerprint density at radius 3 is 2.35 bits per heavy atom. The number of nitrogens with zero attached hydrogens (tertiary/aromatic N) is 4. The summed E-state index contributed by atoms with van der Waals surface area (Å²) >= 11 is 0. The van der Waals surface area contributed by atoms with E-state index in [1.165, 1.54) is 38.5 Å². The summed E-state index contributed by atoms with van der Waals surface area (Å²) in [7, 11) is 3.71. The van der Waals surface area contributed by atoms with Crippen LogP contribution in [0.1, 0.15) is 44.9 Å². The van der Waals surface area contributed by atoms with Gasteiger partial charge in [-0.05, 0) is 55.9 Å². The van der Waals surface area contributed by atoms with E-state index >= 15 is 0 Å². The van der Waals surface area contributed by atoms with Gasteiger partial charge < -0.3 is 9.80 Å². The van der Waals surface area contributed by atoms with Crippen LogP contribution in [0, 0.1) is 11.3 Å². The van der Waals surface area contributed by atoms with Gasteiger partial charge in [0, 0.05) is 46.0 Å². The molecule has 2 heterocycles. The van der Waals surface area contributed by atoms with Crippen molar-refractivity contribution in [3.8, 4) is 0 Å². The van der Waals surface area contributed by atoms with Crippen molar-refractivity contribution < 1.29 is 4.79 Å². The first-order chi connectivity index (χ1) is 11.1. The molecule has 1 saturated heterocycles. The van der Waals surface area contributed by atoms with Gasteiger partial charge in [-0.15, -0.1) is 0 Å². The van der Waals surface area contributed by atoms with Crippen LogP contribution in [-0.2, 0) is 4.79 Å². The Labute approximate surface area is 139 Å². The fourth-order valence-corrected chi connectivity index (χ4v) is 4.06. The van der Waals surface area contributed by atoms with E-state index in [1.807, 2.05) is 32.6 Å². The van der Waals surface area contributed by atoms with Crippen molar-refractivity contribution in [2.75, 3.05) is 32.1 Å². The first kappa shape index (κ1) is 16.2. The molecule has 0 radical (unpaired) electrons. The zero-order valence-corrected chi connectivity index (χ0v) is 14.4. The van der Waals surface area contributed by atoms with E-state index in [-0.39, 0.29) is 5.91 Å². The second-order valence-electron chi connectivity index (χ2n) is 7.47. The highest BCUT2D eigenvalue weighted by Gasteiger charge is 2.38. The van der Waals surface area contributed by atoms with Crippen LogP contribution in [0.4, 0.5) is 5.95 Å². The maximum absolute atomic E-state index is 11.9. The maximum Gasteiger partial charge on any atom is 0.225 e. The molecule has 0 unspecified atom stereocenters. The zero-order chi connectivity index (χ0) is 16.3. The van der Waals surface area contributed by atoms with Crippen molar-refractivity contribution >= 4 is 11.9 Å². The van der Waals surface area contributed by atoms with Crippen molar-refractivity contribution in [2.45, 2.75) is 44.9 Å². The van der Waals surface area contributed by atoms with Crippen LogP contribution in [0.15, 0.2) is 18.5 Å². The van der Waals surface area contributed by atoms with Crippen LogP contribution in [0.5, 0.6) is 0 Å². The highest BCUT2D eigenvalue weighted by Crippen LogP contribution is 2.47. The fraction of sp³-hybridized carbons (Fsp3) is 0.722. The normalized spacial score (nSPS) is 21.4. The van der Waals surface area contributed by atoms with E-state index in [0.717, 1.165) is 25.5 Å². The largest absolute Gasteiger partial charge is 0.349 e. The van der Waals surface area contributed by atoms with E-state index in [0.29, 0.717) is 11.3 Å². The lowest BCUT2D eigenvalue weighted by molar-refractivity contribution is -0.130. The average Bonchev–Trinajstić information content (AvgIpc) is 2.58. The summed E-state index contributed by atoms with van der Waals surface area (Å²) in [4.78, 5) is 24.7. The molecule has 1 aromatic heterocycles. The molecule has 3 rings (SSSR count). The Kier molecular flexibility index (Phi) is 4.83. The third-order valence-corrected chi connectivity index (χ3v) is 5.79. The quantitative estimate of drug-likeness (QED) is 0.860. The van der Waals surface area contributed by atoms with Gasteiger partial charge in [0.25, 0.3) is 0 Å². The third-order valence-electron chi connectivity index (χ3n) is 5.79. The molecule has 0 aromatic carbocycles. The van der Waals surface area contributed by atoms with Crippen LogP contribution < -0.4 is 4.90 Å². The minimum absolute atomic E-state index is 0.280. The van der Waals surface area contributed by atoms with Crippen molar-refractivity contribution in [2.24, 2.45) is 11.3 Å². The molecular weight excluding hydrogens is 288 g/mol. The average molecular weight is 316 g/mol. The summed E-state index contributed by atoms with van der Waals surface area (Å²) in [5.41, 5.74) is 0.503. The van der Waals surface area contributed by atoms with Crippen LogP contribution in [0.2, 0.25) is 0 Å². The number of aromatic nitrogens is 2. The van der Waals surface area contributed by atoms with Crippen molar-refractivity contribution in [3.05, 3.63) is 18.5 Å². The molecular formula is C18H28N4O. The van der Waals surface area contributed by atoms with E-state index in [1.54, 1.807) is 4.90 Å². The highest BCUT2D eigenvalue weighted by molar-refractivity contribution is 5.75. The van der Waals surface area contributed by atoms with E-state index < -0.39 is 0 Å². The van der Waals surface area contributed by atoms with Gasteiger partial charge in [-0.2, -0.15) is 0 Å². The van der Waals surface area contributed by atoms with Gasteiger partial charge in [0.15, 0.2) is 0 Å². The van der Waals surface area contributed by atoms with Crippen molar-refractivity contribution in [1.29, 1.82) is 0 Å². The smallest absolute Gasteiger partial charge is 0.225 e. The molecule has 126 valence electrons. The van der Waals surface area contributed by atoms with Gasteiger partial charge >= 0.3 is 0 Å². The number of hydrogen-bond acceptors (Lipinski definition) is 4. The standard InChI is InChI=1S/C18H28N4O/c1-21(2)16(23)14-15-4-6-18(7-5-15)8-12-22(13-9-18)17-19-10-3-11-20-17/h3,10-11,15H,4-9,12-14H2,1-2H3. The summed E-state index contributed by atoms with van der Waals surface area (Å²) < 4.78 is 0. The van der Waals surface area contributed by atoms with Crippen LogP contribution in [0.3, 0.4) is 0 Å². The third kappa shape index (κ3) is 3.82. The van der Waals surface area contributed by atoms with Crippen molar-refractivity contribution in [3.63, 3.8) is 0 Å². The Bertz CT molecular complexity index is 513. The lowest BCUT2D eigenvalue weighted by Gasteiger charge is -2.46. The lowest BCUT2D eigenvalue weighted by Crippen LogP contribution is -2.42. The van der Waals surface area contributed by atoms with Gasteiger partial charge in [-0.25, -0.2) is 9.97 Å². The Balaban J connectivity index is 1.49. The van der Waals surface area contributed by atoms with Gasteiger partial charge in [0.2, 0.25) is 11.9 Å². The second-order valence-corrected chi connectivity index (χ2v) is 7.47. The van der Waals surface area contributed by atoms with E-state index in [4.69, 9.17) is 0 Å². The molecule has 5 heteroatoms. The highest BCUT2D eigenvalue weighted by atomic mass is 16.2. The molecule has 23 heavy (non-hydrogen) atoms.